The van der Waals surface area contributed by atoms with Crippen LogP contribution in [0.5, 0.6) is 11.5 Å². The smallest absolute Gasteiger partial charge is 0.307 e. The van der Waals surface area contributed by atoms with Gasteiger partial charge in [0, 0.05) is 18.7 Å². The Labute approximate surface area is 119 Å². The van der Waals surface area contributed by atoms with Crippen LogP contribution >= 0.6 is 0 Å². The van der Waals surface area contributed by atoms with Gasteiger partial charge in [-0.25, -0.2) is 0 Å². The fraction of sp³-hybridized carbons (Fsp3) is 0.533. The van der Waals surface area contributed by atoms with Gasteiger partial charge < -0.3 is 14.6 Å². The lowest BCUT2D eigenvalue weighted by Gasteiger charge is -2.31. The molecule has 0 amide bonds. The molecule has 1 aliphatic rings. The Morgan fingerprint density at radius 3 is 2.85 bits per heavy atom. The molecular weight excluding hydrogens is 258 g/mol. The van der Waals surface area contributed by atoms with Crippen molar-refractivity contribution in [3.8, 4) is 11.5 Å². The van der Waals surface area contributed by atoms with Gasteiger partial charge in [-0.15, -0.1) is 0 Å². The number of piperidine rings is 1. The van der Waals surface area contributed by atoms with Gasteiger partial charge in [0.1, 0.15) is 0 Å². The number of ether oxygens (including phenoxy) is 2. The van der Waals surface area contributed by atoms with Gasteiger partial charge in [-0.2, -0.15) is 0 Å². The van der Waals surface area contributed by atoms with Crippen molar-refractivity contribution in [2.24, 2.45) is 5.92 Å². The molecule has 1 N–H and O–H groups in total. The van der Waals surface area contributed by atoms with Crippen molar-refractivity contribution in [3.05, 3.63) is 23.8 Å². The van der Waals surface area contributed by atoms with Gasteiger partial charge in [0.2, 0.25) is 0 Å². The van der Waals surface area contributed by atoms with Gasteiger partial charge >= 0.3 is 5.97 Å². The summed E-state index contributed by atoms with van der Waals surface area (Å²) < 4.78 is 10.7. The first-order valence-corrected chi connectivity index (χ1v) is 6.80. The molecule has 1 aromatic rings. The summed E-state index contributed by atoms with van der Waals surface area (Å²) in [4.78, 5) is 13.3. The maximum Gasteiger partial charge on any atom is 0.307 e. The number of carboxylic acid groups (broad SMARTS) is 1. The summed E-state index contributed by atoms with van der Waals surface area (Å²) in [6.45, 7) is 2.20. The van der Waals surface area contributed by atoms with Crippen LogP contribution < -0.4 is 9.47 Å². The van der Waals surface area contributed by atoms with Crippen molar-refractivity contribution in [1.82, 2.24) is 4.90 Å². The number of hydrogen-bond acceptors (Lipinski definition) is 4. The number of benzene rings is 1. The van der Waals surface area contributed by atoms with E-state index in [1.165, 1.54) is 0 Å². The molecule has 1 aliphatic heterocycles. The van der Waals surface area contributed by atoms with E-state index in [4.69, 9.17) is 14.6 Å². The van der Waals surface area contributed by atoms with E-state index in [2.05, 4.69) is 4.90 Å². The predicted molar refractivity (Wildman–Crippen MR) is 75.2 cm³/mol. The minimum absolute atomic E-state index is 0.264. The Hall–Kier alpha value is -1.75. The standard InChI is InChI=1S/C15H21NO4/c1-19-13-7-3-5-11(14(13)20-2)9-16-8-4-6-12(10-16)15(17)18/h3,5,7,12H,4,6,8-10H2,1-2H3,(H,17,18). The maximum atomic E-state index is 11.1. The number of carboxylic acids is 1. The highest BCUT2D eigenvalue weighted by Gasteiger charge is 2.26. The van der Waals surface area contributed by atoms with E-state index in [0.717, 1.165) is 30.7 Å². The number of likely N-dealkylation sites (tertiary alicyclic amines) is 1. The van der Waals surface area contributed by atoms with Gasteiger partial charge in [-0.1, -0.05) is 12.1 Å². The molecule has 110 valence electrons. The van der Waals surface area contributed by atoms with Crippen LogP contribution in [0.25, 0.3) is 0 Å². The van der Waals surface area contributed by atoms with Gasteiger partial charge in [-0.05, 0) is 25.5 Å². The monoisotopic (exact) mass is 279 g/mol. The van der Waals surface area contributed by atoms with Crippen LogP contribution in [0.1, 0.15) is 18.4 Å². The highest BCUT2D eigenvalue weighted by molar-refractivity contribution is 5.70. The molecule has 0 radical (unpaired) electrons. The lowest BCUT2D eigenvalue weighted by atomic mass is 9.98. The van der Waals surface area contributed by atoms with Crippen molar-refractivity contribution >= 4 is 5.97 Å². The normalized spacial score (nSPS) is 19.6. The van der Waals surface area contributed by atoms with Gasteiger partial charge in [0.05, 0.1) is 20.1 Å². The fourth-order valence-electron chi connectivity index (χ4n) is 2.72. The van der Waals surface area contributed by atoms with Crippen LogP contribution in [0.2, 0.25) is 0 Å². The number of methoxy groups -OCH3 is 2. The zero-order valence-electron chi connectivity index (χ0n) is 12.0. The van der Waals surface area contributed by atoms with Crippen molar-refractivity contribution in [1.29, 1.82) is 0 Å². The van der Waals surface area contributed by atoms with Crippen LogP contribution in [-0.2, 0) is 11.3 Å². The summed E-state index contributed by atoms with van der Waals surface area (Å²) >= 11 is 0. The average Bonchev–Trinajstić information content (AvgIpc) is 2.47. The Morgan fingerprint density at radius 1 is 1.40 bits per heavy atom. The molecule has 1 atom stereocenters. The van der Waals surface area contributed by atoms with Gasteiger partial charge in [-0.3, -0.25) is 9.69 Å². The highest BCUT2D eigenvalue weighted by Crippen LogP contribution is 2.32. The lowest BCUT2D eigenvalue weighted by Crippen LogP contribution is -2.38. The highest BCUT2D eigenvalue weighted by atomic mass is 16.5. The fourth-order valence-corrected chi connectivity index (χ4v) is 2.72. The first kappa shape index (κ1) is 14.7. The lowest BCUT2D eigenvalue weighted by molar-refractivity contribution is -0.143. The molecule has 1 fully saturated rings. The summed E-state index contributed by atoms with van der Waals surface area (Å²) in [6, 6.07) is 5.78. The number of aliphatic carboxylic acids is 1. The number of carbonyl (C=O) groups is 1. The molecule has 5 heteroatoms. The maximum absolute atomic E-state index is 11.1. The minimum Gasteiger partial charge on any atom is -0.493 e. The van der Waals surface area contributed by atoms with Crippen molar-refractivity contribution < 1.29 is 19.4 Å². The Kier molecular flexibility index (Phi) is 4.84. The Balaban J connectivity index is 2.11. The Morgan fingerprint density at radius 2 is 2.20 bits per heavy atom. The van der Waals surface area contributed by atoms with E-state index in [1.807, 2.05) is 18.2 Å². The predicted octanol–water partition coefficient (Wildman–Crippen LogP) is 2.00. The molecule has 1 saturated heterocycles. The van der Waals surface area contributed by atoms with Crippen LogP contribution in [0.4, 0.5) is 0 Å². The molecule has 0 aliphatic carbocycles. The SMILES string of the molecule is COc1cccc(CN2CCCC(C(=O)O)C2)c1OC. The van der Waals surface area contributed by atoms with Crippen molar-refractivity contribution in [2.75, 3.05) is 27.3 Å². The zero-order valence-corrected chi connectivity index (χ0v) is 12.0. The summed E-state index contributed by atoms with van der Waals surface area (Å²) in [7, 11) is 3.24. The number of rotatable bonds is 5. The van der Waals surface area contributed by atoms with E-state index in [1.54, 1.807) is 14.2 Å². The van der Waals surface area contributed by atoms with Crippen LogP contribution in [0.3, 0.4) is 0 Å². The molecule has 5 nitrogen and oxygen atoms in total. The molecule has 1 heterocycles. The van der Waals surface area contributed by atoms with E-state index < -0.39 is 5.97 Å². The van der Waals surface area contributed by atoms with Crippen LogP contribution in [-0.4, -0.2) is 43.3 Å². The molecule has 1 unspecified atom stereocenters. The second-order valence-corrected chi connectivity index (χ2v) is 5.07. The van der Waals surface area contributed by atoms with Gasteiger partial charge in [0.25, 0.3) is 0 Å². The number of hydrogen-bond donors (Lipinski definition) is 1. The third-order valence-electron chi connectivity index (χ3n) is 3.73. The van der Waals surface area contributed by atoms with Gasteiger partial charge in [0.15, 0.2) is 11.5 Å². The molecule has 0 bridgehead atoms. The molecular formula is C15H21NO4. The van der Waals surface area contributed by atoms with Crippen LogP contribution in [0, 0.1) is 5.92 Å². The summed E-state index contributed by atoms with van der Waals surface area (Å²) in [6.07, 6.45) is 1.68. The zero-order chi connectivity index (χ0) is 14.5. The Bertz CT molecular complexity index is 475. The first-order chi connectivity index (χ1) is 9.65. The van der Waals surface area contributed by atoms with Crippen molar-refractivity contribution in [2.45, 2.75) is 19.4 Å². The second kappa shape index (κ2) is 6.61. The largest absolute Gasteiger partial charge is 0.493 e. The molecule has 2 rings (SSSR count). The topological polar surface area (TPSA) is 59.0 Å². The van der Waals surface area contributed by atoms with E-state index in [9.17, 15) is 4.79 Å². The third kappa shape index (κ3) is 3.22. The minimum atomic E-state index is -0.702. The van der Waals surface area contributed by atoms with Crippen molar-refractivity contribution in [3.63, 3.8) is 0 Å². The molecule has 20 heavy (non-hydrogen) atoms. The molecule has 0 spiro atoms. The first-order valence-electron chi connectivity index (χ1n) is 6.80. The molecule has 0 saturated carbocycles. The van der Waals surface area contributed by atoms with E-state index in [-0.39, 0.29) is 5.92 Å². The second-order valence-electron chi connectivity index (χ2n) is 5.07. The average molecular weight is 279 g/mol. The third-order valence-corrected chi connectivity index (χ3v) is 3.73. The van der Waals surface area contributed by atoms with Crippen LogP contribution in [0.15, 0.2) is 18.2 Å². The quantitative estimate of drug-likeness (QED) is 0.893. The number of nitrogens with zero attached hydrogens (tertiary/aromatic N) is 1. The summed E-state index contributed by atoms with van der Waals surface area (Å²) in [5.74, 6) is 0.469. The summed E-state index contributed by atoms with van der Waals surface area (Å²) in [5.41, 5.74) is 1.03. The van der Waals surface area contributed by atoms with E-state index in [0.29, 0.717) is 18.8 Å². The van der Waals surface area contributed by atoms with E-state index >= 15 is 0 Å². The molecule has 1 aromatic carbocycles. The number of para-hydroxylation sites is 1. The molecule has 0 aromatic heterocycles. The summed E-state index contributed by atoms with van der Waals surface area (Å²) in [5, 5.41) is 9.13.